The molecule has 1 aliphatic heterocycles. The molecule has 282 valence electrons. The summed E-state index contributed by atoms with van der Waals surface area (Å²) in [5.41, 5.74) is 11.7. The van der Waals surface area contributed by atoms with E-state index in [0.717, 1.165) is 82.6 Å². The summed E-state index contributed by atoms with van der Waals surface area (Å²) in [6, 6.07) is 75.9. The molecule has 0 radical (unpaired) electrons. The second kappa shape index (κ2) is 13.4. The molecule has 10 aromatic rings. The first kappa shape index (κ1) is 34.7. The summed E-state index contributed by atoms with van der Waals surface area (Å²) < 4.78 is 21.8. The van der Waals surface area contributed by atoms with Crippen molar-refractivity contribution in [1.29, 1.82) is 0 Å². The lowest BCUT2D eigenvalue weighted by molar-refractivity contribution is 0.436. The Morgan fingerprint density at radius 1 is 0.383 bits per heavy atom. The van der Waals surface area contributed by atoms with Crippen LogP contribution in [0.15, 0.2) is 218 Å². The smallest absolute Gasteiger partial charge is 0.171 e. The third-order valence-corrected chi connectivity index (χ3v) is 15.7. The van der Waals surface area contributed by atoms with E-state index in [4.69, 9.17) is 9.72 Å². The van der Waals surface area contributed by atoms with Gasteiger partial charge in [-0.3, -0.25) is 0 Å². The minimum Gasteiger partial charge on any atom is -0.457 e. The zero-order chi connectivity index (χ0) is 39.8. The van der Waals surface area contributed by atoms with Gasteiger partial charge in [0.1, 0.15) is 11.5 Å². The van der Waals surface area contributed by atoms with Crippen LogP contribution in [0.1, 0.15) is 22.3 Å². The van der Waals surface area contributed by atoms with Crippen LogP contribution in [-0.4, -0.2) is 4.98 Å². The maximum absolute atomic E-state index is 15.2. The van der Waals surface area contributed by atoms with Crippen LogP contribution in [-0.2, 0) is 9.98 Å². The topological polar surface area (TPSA) is 39.2 Å². The van der Waals surface area contributed by atoms with Crippen LogP contribution in [0.25, 0.3) is 55.2 Å². The number of benzene rings is 9. The van der Waals surface area contributed by atoms with Gasteiger partial charge >= 0.3 is 0 Å². The fraction of sp³-hybridized carbons (Fsp3) is 0.0179. The van der Waals surface area contributed by atoms with Gasteiger partial charge in [-0.05, 0) is 75.2 Å². The van der Waals surface area contributed by atoms with E-state index in [1.807, 2.05) is 72.8 Å². The van der Waals surface area contributed by atoms with Gasteiger partial charge in [0.05, 0.1) is 16.6 Å². The first-order chi connectivity index (χ1) is 29.6. The number of fused-ring (bicyclic) bond motifs is 12. The normalized spacial score (nSPS) is 13.3. The van der Waals surface area contributed by atoms with Crippen molar-refractivity contribution >= 4 is 44.7 Å². The SMILES string of the molecule is O=P(c1ccccc1)(c1ccccc1)c1ccc(-c2ccc3nc(-c4ccccc4)c4cc5c(cc4c3c2)C2(c3ccccc3Oc3ccccc32)c2ccccc2-5)cc1. The van der Waals surface area contributed by atoms with Crippen molar-refractivity contribution in [1.82, 2.24) is 4.98 Å². The molecule has 0 bridgehead atoms. The summed E-state index contributed by atoms with van der Waals surface area (Å²) in [7, 11) is -3.11. The predicted molar refractivity (Wildman–Crippen MR) is 247 cm³/mol. The third-order valence-electron chi connectivity index (χ3n) is 12.6. The molecule has 0 saturated carbocycles. The minimum atomic E-state index is -3.11. The van der Waals surface area contributed by atoms with Gasteiger partial charge < -0.3 is 9.30 Å². The Hall–Kier alpha value is -7.32. The Morgan fingerprint density at radius 2 is 0.917 bits per heavy atom. The van der Waals surface area contributed by atoms with Crippen molar-refractivity contribution in [2.24, 2.45) is 0 Å². The fourth-order valence-corrected chi connectivity index (χ4v) is 12.6. The van der Waals surface area contributed by atoms with Crippen molar-refractivity contribution in [3.05, 3.63) is 241 Å². The highest BCUT2D eigenvalue weighted by Gasteiger charge is 2.51. The van der Waals surface area contributed by atoms with E-state index in [2.05, 4.69) is 146 Å². The maximum atomic E-state index is 15.2. The Balaban J connectivity index is 1.10. The molecule has 2 heterocycles. The standard InChI is InChI=1S/C56H36NO2P/c58-60(40-18-6-2-7-19-40,41-20-8-3-9-21-41)42-31-28-37(29-32-42)39-30-33-52-46(34-39)44-36-51-45(35-47(44)55(57-52)38-16-4-1-5-17-38)43-22-10-11-23-48(43)56(51)49-24-12-14-26-53(49)59-54-27-15-13-25-50(54)56/h1-36H. The molecule has 60 heavy (non-hydrogen) atoms. The number of ether oxygens (including phenoxy) is 1. The summed E-state index contributed by atoms with van der Waals surface area (Å²) in [5, 5.41) is 5.77. The monoisotopic (exact) mass is 785 g/mol. The number of nitrogens with zero attached hydrogens (tertiary/aromatic N) is 1. The quantitative estimate of drug-likeness (QED) is 0.129. The van der Waals surface area contributed by atoms with Crippen LogP contribution in [0.3, 0.4) is 0 Å². The number of hydrogen-bond donors (Lipinski definition) is 0. The van der Waals surface area contributed by atoms with Crippen LogP contribution in [0.5, 0.6) is 11.5 Å². The van der Waals surface area contributed by atoms with E-state index in [-0.39, 0.29) is 0 Å². The minimum absolute atomic E-state index is 0.590. The molecule has 0 atom stereocenters. The molecule has 4 heteroatoms. The molecule has 0 amide bonds. The first-order valence-electron chi connectivity index (χ1n) is 20.4. The zero-order valence-corrected chi connectivity index (χ0v) is 33.4. The molecule has 3 nitrogen and oxygen atoms in total. The summed E-state index contributed by atoms with van der Waals surface area (Å²) in [4.78, 5) is 5.42. The summed E-state index contributed by atoms with van der Waals surface area (Å²) >= 11 is 0. The van der Waals surface area contributed by atoms with Gasteiger partial charge in [-0.25, -0.2) is 4.98 Å². The van der Waals surface area contributed by atoms with Gasteiger partial charge in [-0.1, -0.05) is 182 Å². The van der Waals surface area contributed by atoms with Crippen molar-refractivity contribution in [2.75, 3.05) is 0 Å². The van der Waals surface area contributed by atoms with Crippen molar-refractivity contribution in [2.45, 2.75) is 5.41 Å². The van der Waals surface area contributed by atoms with E-state index in [1.165, 1.54) is 22.3 Å². The average molecular weight is 786 g/mol. The molecule has 9 aromatic carbocycles. The zero-order valence-electron chi connectivity index (χ0n) is 32.5. The van der Waals surface area contributed by atoms with E-state index in [1.54, 1.807) is 0 Å². The lowest BCUT2D eigenvalue weighted by atomic mass is 9.66. The highest BCUT2D eigenvalue weighted by atomic mass is 31.2. The Bertz CT molecular complexity index is 3270. The second-order valence-corrected chi connectivity index (χ2v) is 18.5. The number of pyridine rings is 1. The number of aromatic nitrogens is 1. The Labute approximate surface area is 348 Å². The van der Waals surface area contributed by atoms with E-state index in [9.17, 15) is 0 Å². The molecule has 0 unspecified atom stereocenters. The van der Waals surface area contributed by atoms with Crippen molar-refractivity contribution in [3.63, 3.8) is 0 Å². The lowest BCUT2D eigenvalue weighted by Crippen LogP contribution is -2.32. The summed E-state index contributed by atoms with van der Waals surface area (Å²) in [6.07, 6.45) is 0. The molecule has 0 N–H and O–H groups in total. The van der Waals surface area contributed by atoms with Crippen LogP contribution in [0.2, 0.25) is 0 Å². The van der Waals surface area contributed by atoms with Crippen molar-refractivity contribution in [3.8, 4) is 45.0 Å². The summed E-state index contributed by atoms with van der Waals surface area (Å²) in [6.45, 7) is 0. The predicted octanol–water partition coefficient (Wildman–Crippen LogP) is 12.8. The second-order valence-electron chi connectivity index (χ2n) is 15.7. The van der Waals surface area contributed by atoms with Crippen molar-refractivity contribution < 1.29 is 9.30 Å². The van der Waals surface area contributed by atoms with Crippen LogP contribution in [0, 0.1) is 0 Å². The summed E-state index contributed by atoms with van der Waals surface area (Å²) in [5.74, 6) is 1.75. The van der Waals surface area contributed by atoms with Crippen LogP contribution in [0.4, 0.5) is 0 Å². The highest BCUT2D eigenvalue weighted by Crippen LogP contribution is 2.62. The third kappa shape index (κ3) is 4.97. The Kier molecular flexibility index (Phi) is 7.73. The molecule has 0 fully saturated rings. The Morgan fingerprint density at radius 3 is 1.57 bits per heavy atom. The van der Waals surface area contributed by atoms with E-state index >= 15 is 4.57 Å². The van der Waals surface area contributed by atoms with Gasteiger partial charge in [0.25, 0.3) is 0 Å². The molecule has 0 saturated heterocycles. The van der Waals surface area contributed by atoms with E-state index in [0.29, 0.717) is 0 Å². The molecule has 1 spiro atoms. The van der Waals surface area contributed by atoms with Crippen LogP contribution >= 0.6 is 7.14 Å². The lowest BCUT2D eigenvalue weighted by Gasteiger charge is -2.39. The van der Waals surface area contributed by atoms with Gasteiger partial charge in [-0.15, -0.1) is 0 Å². The highest BCUT2D eigenvalue weighted by molar-refractivity contribution is 7.85. The van der Waals surface area contributed by atoms with Gasteiger partial charge in [0.15, 0.2) is 7.14 Å². The molecule has 1 aliphatic carbocycles. The van der Waals surface area contributed by atoms with Gasteiger partial charge in [-0.2, -0.15) is 0 Å². The van der Waals surface area contributed by atoms with E-state index < -0.39 is 12.6 Å². The number of hydrogen-bond acceptors (Lipinski definition) is 3. The van der Waals surface area contributed by atoms with Crippen LogP contribution < -0.4 is 20.7 Å². The average Bonchev–Trinajstić information content (AvgIpc) is 3.60. The molecule has 1 aromatic heterocycles. The first-order valence-corrected chi connectivity index (χ1v) is 22.1. The van der Waals surface area contributed by atoms with Gasteiger partial charge in [0.2, 0.25) is 0 Å². The van der Waals surface area contributed by atoms with Gasteiger partial charge in [0, 0.05) is 43.4 Å². The number of para-hydroxylation sites is 2. The molecule has 2 aliphatic rings. The fourth-order valence-electron chi connectivity index (χ4n) is 9.93. The molecular formula is C56H36NO2P. The number of rotatable bonds is 5. The molecular weight excluding hydrogens is 750 g/mol. The maximum Gasteiger partial charge on any atom is 0.171 e. The largest absolute Gasteiger partial charge is 0.457 e. The molecule has 12 rings (SSSR count).